The Balaban J connectivity index is 1.58. The number of H-pyrrole nitrogens is 1. The zero-order valence-corrected chi connectivity index (χ0v) is 14.2. The van der Waals surface area contributed by atoms with Crippen molar-refractivity contribution in [3.8, 4) is 0 Å². The molecule has 3 N–H and O–H groups in total. The summed E-state index contributed by atoms with van der Waals surface area (Å²) < 4.78 is 26.8. The molecular formula is C16H20N4O3S. The number of nitrogens with zero attached hydrogens (tertiary/aromatic N) is 1. The maximum Gasteiger partial charge on any atom is 0.272 e. The maximum atomic E-state index is 12.1. The standard InChI is InChI=1S/C16H20N4O3S/c1-2-12-9-15(19-18-12)16(21)17-10-11-3-7-14(8-4-11)24(22,23)20-13-5-6-13/h3-4,7-9,13,20H,2,5-6,10H2,1H3,(H,17,21)(H,18,19). The normalized spacial score (nSPS) is 14.5. The molecule has 128 valence electrons. The molecule has 0 bridgehead atoms. The number of hydrogen-bond acceptors (Lipinski definition) is 4. The van der Waals surface area contributed by atoms with E-state index in [-0.39, 0.29) is 16.8 Å². The number of sulfonamides is 1. The van der Waals surface area contributed by atoms with Crippen LogP contribution in [-0.4, -0.2) is 30.6 Å². The van der Waals surface area contributed by atoms with Gasteiger partial charge in [0.2, 0.25) is 10.0 Å². The van der Waals surface area contributed by atoms with Crippen LogP contribution in [0.4, 0.5) is 0 Å². The first-order valence-electron chi connectivity index (χ1n) is 7.91. The van der Waals surface area contributed by atoms with E-state index in [4.69, 9.17) is 0 Å². The third-order valence-corrected chi connectivity index (χ3v) is 5.37. The predicted octanol–water partition coefficient (Wildman–Crippen LogP) is 1.34. The number of aryl methyl sites for hydroxylation is 1. The van der Waals surface area contributed by atoms with Gasteiger partial charge in [-0.1, -0.05) is 19.1 Å². The van der Waals surface area contributed by atoms with E-state index in [0.717, 1.165) is 30.5 Å². The van der Waals surface area contributed by atoms with E-state index in [1.807, 2.05) is 6.92 Å². The molecule has 1 aliphatic rings. The summed E-state index contributed by atoms with van der Waals surface area (Å²) in [5, 5.41) is 9.52. The number of carbonyl (C=O) groups excluding carboxylic acids is 1. The second-order valence-electron chi connectivity index (χ2n) is 5.85. The average molecular weight is 348 g/mol. The van der Waals surface area contributed by atoms with Crippen molar-refractivity contribution in [2.75, 3.05) is 0 Å². The highest BCUT2D eigenvalue weighted by Gasteiger charge is 2.27. The second kappa shape index (κ2) is 6.74. The van der Waals surface area contributed by atoms with Crippen LogP contribution in [0.15, 0.2) is 35.2 Å². The Kier molecular flexibility index (Phi) is 4.68. The predicted molar refractivity (Wildman–Crippen MR) is 88.9 cm³/mol. The van der Waals surface area contributed by atoms with Gasteiger partial charge in [-0.3, -0.25) is 9.89 Å². The lowest BCUT2D eigenvalue weighted by Crippen LogP contribution is -2.26. The first kappa shape index (κ1) is 16.7. The van der Waals surface area contributed by atoms with E-state index in [1.165, 1.54) is 0 Å². The first-order valence-corrected chi connectivity index (χ1v) is 9.40. The Hall–Kier alpha value is -2.19. The van der Waals surface area contributed by atoms with Gasteiger partial charge >= 0.3 is 0 Å². The van der Waals surface area contributed by atoms with Gasteiger partial charge in [0, 0.05) is 18.3 Å². The highest BCUT2D eigenvalue weighted by Crippen LogP contribution is 2.22. The van der Waals surface area contributed by atoms with E-state index in [0.29, 0.717) is 12.2 Å². The molecule has 3 rings (SSSR count). The highest BCUT2D eigenvalue weighted by molar-refractivity contribution is 7.89. The van der Waals surface area contributed by atoms with Crippen LogP contribution in [0.3, 0.4) is 0 Å². The number of rotatable bonds is 7. The minimum atomic E-state index is -3.44. The van der Waals surface area contributed by atoms with Crippen molar-refractivity contribution in [1.29, 1.82) is 0 Å². The topological polar surface area (TPSA) is 104 Å². The molecule has 1 heterocycles. The number of aromatic nitrogens is 2. The molecule has 1 fully saturated rings. The molecule has 0 unspecified atom stereocenters. The summed E-state index contributed by atoms with van der Waals surface area (Å²) >= 11 is 0. The molecule has 8 heteroatoms. The van der Waals surface area contributed by atoms with Gasteiger partial charge in [-0.05, 0) is 43.0 Å². The van der Waals surface area contributed by atoms with Crippen molar-refractivity contribution in [2.45, 2.75) is 43.7 Å². The van der Waals surface area contributed by atoms with E-state index in [2.05, 4.69) is 20.2 Å². The van der Waals surface area contributed by atoms with Crippen molar-refractivity contribution in [3.63, 3.8) is 0 Å². The number of carbonyl (C=O) groups is 1. The Morgan fingerprint density at radius 2 is 2.00 bits per heavy atom. The molecule has 1 saturated carbocycles. The first-order chi connectivity index (χ1) is 11.5. The molecule has 1 aliphatic carbocycles. The van der Waals surface area contributed by atoms with E-state index in [1.54, 1.807) is 30.3 Å². The van der Waals surface area contributed by atoms with Crippen LogP contribution >= 0.6 is 0 Å². The Morgan fingerprint density at radius 3 is 2.58 bits per heavy atom. The molecule has 0 aliphatic heterocycles. The van der Waals surface area contributed by atoms with Crippen LogP contribution < -0.4 is 10.0 Å². The average Bonchev–Trinajstić information content (AvgIpc) is 3.24. The summed E-state index contributed by atoms with van der Waals surface area (Å²) in [6.07, 6.45) is 2.58. The maximum absolute atomic E-state index is 12.1. The smallest absolute Gasteiger partial charge is 0.272 e. The second-order valence-corrected chi connectivity index (χ2v) is 7.57. The number of nitrogens with one attached hydrogen (secondary N) is 3. The molecule has 7 nitrogen and oxygen atoms in total. The highest BCUT2D eigenvalue weighted by atomic mass is 32.2. The van der Waals surface area contributed by atoms with Crippen molar-refractivity contribution < 1.29 is 13.2 Å². The van der Waals surface area contributed by atoms with Crippen molar-refractivity contribution in [2.24, 2.45) is 0 Å². The zero-order chi connectivity index (χ0) is 17.2. The fraction of sp³-hybridized carbons (Fsp3) is 0.375. The third-order valence-electron chi connectivity index (χ3n) is 3.83. The van der Waals surface area contributed by atoms with Crippen molar-refractivity contribution in [1.82, 2.24) is 20.2 Å². The lowest BCUT2D eigenvalue weighted by atomic mass is 10.2. The largest absolute Gasteiger partial charge is 0.347 e. The molecule has 0 atom stereocenters. The molecule has 24 heavy (non-hydrogen) atoms. The van der Waals surface area contributed by atoms with Crippen LogP contribution in [0.5, 0.6) is 0 Å². The fourth-order valence-electron chi connectivity index (χ4n) is 2.21. The minimum Gasteiger partial charge on any atom is -0.347 e. The van der Waals surface area contributed by atoms with Crippen molar-refractivity contribution >= 4 is 15.9 Å². The third kappa shape index (κ3) is 4.01. The Bertz CT molecular complexity index is 823. The van der Waals surface area contributed by atoms with Crippen LogP contribution in [0.1, 0.15) is 41.5 Å². The SMILES string of the molecule is CCc1cc(C(=O)NCc2ccc(S(=O)(=O)NC3CC3)cc2)n[nH]1. The quantitative estimate of drug-likeness (QED) is 0.702. The monoisotopic (exact) mass is 348 g/mol. The number of hydrogen-bond donors (Lipinski definition) is 3. The fourth-order valence-corrected chi connectivity index (χ4v) is 3.51. The molecule has 0 radical (unpaired) electrons. The molecule has 1 aromatic heterocycles. The molecule has 0 saturated heterocycles. The van der Waals surface area contributed by atoms with Gasteiger partial charge in [0.05, 0.1) is 4.90 Å². The van der Waals surface area contributed by atoms with Gasteiger partial charge < -0.3 is 5.32 Å². The van der Waals surface area contributed by atoms with Gasteiger partial charge in [-0.15, -0.1) is 0 Å². The summed E-state index contributed by atoms with van der Waals surface area (Å²) in [7, 11) is -3.44. The van der Waals surface area contributed by atoms with Crippen LogP contribution in [0, 0.1) is 0 Å². The summed E-state index contributed by atoms with van der Waals surface area (Å²) in [4.78, 5) is 12.2. The van der Waals surface area contributed by atoms with Gasteiger partial charge in [0.25, 0.3) is 5.91 Å². The van der Waals surface area contributed by atoms with Crippen LogP contribution in [0.25, 0.3) is 0 Å². The molecule has 1 aromatic carbocycles. The summed E-state index contributed by atoms with van der Waals surface area (Å²) in [6, 6.07) is 8.30. The molecular weight excluding hydrogens is 328 g/mol. The van der Waals surface area contributed by atoms with Crippen LogP contribution in [-0.2, 0) is 23.0 Å². The van der Waals surface area contributed by atoms with E-state index in [9.17, 15) is 13.2 Å². The Labute approximate surface area is 140 Å². The van der Waals surface area contributed by atoms with Crippen LogP contribution in [0.2, 0.25) is 0 Å². The van der Waals surface area contributed by atoms with Gasteiger partial charge in [-0.25, -0.2) is 13.1 Å². The summed E-state index contributed by atoms with van der Waals surface area (Å²) in [5.41, 5.74) is 2.07. The zero-order valence-electron chi connectivity index (χ0n) is 13.4. The van der Waals surface area contributed by atoms with E-state index >= 15 is 0 Å². The lowest BCUT2D eigenvalue weighted by molar-refractivity contribution is 0.0946. The van der Waals surface area contributed by atoms with Gasteiger partial charge in [0.15, 0.2) is 0 Å². The number of benzene rings is 1. The van der Waals surface area contributed by atoms with Gasteiger partial charge in [-0.2, -0.15) is 5.10 Å². The summed E-state index contributed by atoms with van der Waals surface area (Å²) in [6.45, 7) is 2.28. The number of aromatic amines is 1. The lowest BCUT2D eigenvalue weighted by Gasteiger charge is -2.07. The Morgan fingerprint density at radius 1 is 1.29 bits per heavy atom. The molecule has 2 aromatic rings. The minimum absolute atomic E-state index is 0.0795. The van der Waals surface area contributed by atoms with E-state index < -0.39 is 10.0 Å². The number of amides is 1. The summed E-state index contributed by atoms with van der Waals surface area (Å²) in [5.74, 6) is -0.266. The molecule has 1 amide bonds. The van der Waals surface area contributed by atoms with Crippen molar-refractivity contribution in [3.05, 3.63) is 47.3 Å². The van der Waals surface area contributed by atoms with Gasteiger partial charge in [0.1, 0.15) is 5.69 Å². The molecule has 0 spiro atoms.